The van der Waals surface area contributed by atoms with Crippen LogP contribution in [0.5, 0.6) is 0 Å². The number of fused-ring (bicyclic) bond motifs is 3. The Morgan fingerprint density at radius 1 is 1.15 bits per heavy atom. The van der Waals surface area contributed by atoms with E-state index in [1.54, 1.807) is 12.4 Å². The van der Waals surface area contributed by atoms with Gasteiger partial charge in [0.25, 0.3) is 5.56 Å². The van der Waals surface area contributed by atoms with E-state index in [1.165, 1.54) is 0 Å². The van der Waals surface area contributed by atoms with Crippen LogP contribution in [0.1, 0.15) is 27.7 Å². The van der Waals surface area contributed by atoms with E-state index in [2.05, 4.69) is 53.4 Å². The second kappa shape index (κ2) is 6.19. The van der Waals surface area contributed by atoms with Gasteiger partial charge in [-0.3, -0.25) is 9.89 Å². The van der Waals surface area contributed by atoms with Crippen molar-refractivity contribution in [3.05, 3.63) is 47.0 Å². The zero-order valence-electron chi connectivity index (χ0n) is 15.8. The Morgan fingerprint density at radius 3 is 2.67 bits per heavy atom. The topological polar surface area (TPSA) is 99.3 Å². The molecule has 1 atom stereocenters. The summed E-state index contributed by atoms with van der Waals surface area (Å²) in [6.45, 7) is 8.68. The Bertz CT molecular complexity index is 1170. The van der Waals surface area contributed by atoms with Crippen LogP contribution in [0.4, 0.5) is 5.82 Å². The fourth-order valence-corrected chi connectivity index (χ4v) is 2.99. The molecule has 0 fully saturated rings. The first-order chi connectivity index (χ1) is 12.8. The van der Waals surface area contributed by atoms with Crippen molar-refractivity contribution >= 4 is 27.5 Å². The van der Waals surface area contributed by atoms with Crippen LogP contribution < -0.4 is 10.9 Å². The Hall–Kier alpha value is -3.22. The van der Waals surface area contributed by atoms with E-state index in [0.717, 1.165) is 27.8 Å². The highest BCUT2D eigenvalue weighted by Gasteiger charge is 2.22. The molecule has 7 nitrogen and oxygen atoms in total. The maximum Gasteiger partial charge on any atom is 0.258 e. The summed E-state index contributed by atoms with van der Waals surface area (Å²) in [6.07, 6.45) is 3.36. The van der Waals surface area contributed by atoms with Crippen LogP contribution >= 0.6 is 0 Å². The second-order valence-corrected chi connectivity index (χ2v) is 7.88. The lowest BCUT2D eigenvalue weighted by Crippen LogP contribution is -2.31. The van der Waals surface area contributed by atoms with Gasteiger partial charge in [0, 0.05) is 34.8 Å². The van der Waals surface area contributed by atoms with E-state index in [1.807, 2.05) is 24.3 Å². The molecular weight excluding hydrogens is 340 g/mol. The van der Waals surface area contributed by atoms with Crippen molar-refractivity contribution in [1.82, 2.24) is 25.4 Å². The molecule has 0 aliphatic carbocycles. The van der Waals surface area contributed by atoms with Crippen LogP contribution in [0.25, 0.3) is 32.9 Å². The number of pyridine rings is 2. The molecule has 3 heterocycles. The fourth-order valence-electron chi connectivity index (χ4n) is 2.99. The molecule has 4 rings (SSSR count). The Kier molecular flexibility index (Phi) is 3.95. The third kappa shape index (κ3) is 3.05. The van der Waals surface area contributed by atoms with Crippen LogP contribution in [-0.2, 0) is 0 Å². The monoisotopic (exact) mass is 362 g/mol. The molecule has 138 valence electrons. The number of aromatic nitrogens is 5. The van der Waals surface area contributed by atoms with Crippen molar-refractivity contribution in [2.75, 3.05) is 5.32 Å². The Balaban J connectivity index is 2.00. The standard InChI is InChI=1S/C20H22N6O/c1-11(20(2,3)4)23-18-13-6-5-12(16-10-22-26-25-16)9-14(13)17-15(24-18)7-8-21-19(17)27/h5-11H,1-4H3,(H,21,27)(H,23,24)(H,22,25,26). The predicted molar refractivity (Wildman–Crippen MR) is 108 cm³/mol. The average Bonchev–Trinajstić information content (AvgIpc) is 3.15. The van der Waals surface area contributed by atoms with Crippen LogP contribution in [0, 0.1) is 5.41 Å². The number of benzene rings is 1. The van der Waals surface area contributed by atoms with E-state index >= 15 is 0 Å². The molecule has 0 radical (unpaired) electrons. The number of H-pyrrole nitrogens is 2. The highest BCUT2D eigenvalue weighted by Crippen LogP contribution is 2.32. The number of nitrogens with one attached hydrogen (secondary N) is 3. The number of nitrogens with zero attached hydrogens (tertiary/aromatic N) is 3. The molecule has 0 aliphatic heterocycles. The zero-order valence-corrected chi connectivity index (χ0v) is 15.8. The lowest BCUT2D eigenvalue weighted by atomic mass is 9.88. The van der Waals surface area contributed by atoms with E-state index in [9.17, 15) is 4.79 Å². The minimum atomic E-state index is -0.155. The third-order valence-electron chi connectivity index (χ3n) is 5.08. The van der Waals surface area contributed by atoms with Gasteiger partial charge in [0.05, 0.1) is 10.9 Å². The molecule has 0 aliphatic rings. The van der Waals surface area contributed by atoms with E-state index in [-0.39, 0.29) is 17.0 Å². The molecule has 0 saturated heterocycles. The average molecular weight is 362 g/mol. The lowest BCUT2D eigenvalue weighted by Gasteiger charge is -2.29. The number of anilines is 1. The fraction of sp³-hybridized carbons (Fsp3) is 0.300. The summed E-state index contributed by atoms with van der Waals surface area (Å²) < 4.78 is 0. The highest BCUT2D eigenvalue weighted by molar-refractivity contribution is 6.10. The first kappa shape index (κ1) is 17.2. The molecule has 4 aromatic rings. The molecule has 27 heavy (non-hydrogen) atoms. The van der Waals surface area contributed by atoms with Gasteiger partial charge in [-0.05, 0) is 30.5 Å². The Labute approximate surface area is 156 Å². The number of rotatable bonds is 3. The maximum absolute atomic E-state index is 12.5. The van der Waals surface area contributed by atoms with Gasteiger partial charge in [-0.25, -0.2) is 4.98 Å². The minimum absolute atomic E-state index is 0.0672. The SMILES string of the molecule is CC(Nc1nc2cc[nH]c(=O)c2c2cc(-c3c[nH]nn3)ccc12)C(C)(C)C. The Morgan fingerprint density at radius 2 is 1.96 bits per heavy atom. The normalized spacial score (nSPS) is 13.2. The lowest BCUT2D eigenvalue weighted by molar-refractivity contribution is 0.359. The van der Waals surface area contributed by atoms with Gasteiger partial charge in [-0.1, -0.05) is 32.1 Å². The second-order valence-electron chi connectivity index (χ2n) is 7.88. The molecule has 0 spiro atoms. The summed E-state index contributed by atoms with van der Waals surface area (Å²) >= 11 is 0. The zero-order chi connectivity index (χ0) is 19.2. The van der Waals surface area contributed by atoms with E-state index in [0.29, 0.717) is 10.9 Å². The summed E-state index contributed by atoms with van der Waals surface area (Å²) in [6, 6.07) is 7.95. The molecule has 3 N–H and O–H groups in total. The molecule has 0 bridgehead atoms. The summed E-state index contributed by atoms with van der Waals surface area (Å²) in [7, 11) is 0. The maximum atomic E-state index is 12.5. The van der Waals surface area contributed by atoms with Crippen LogP contribution in [0.3, 0.4) is 0 Å². The van der Waals surface area contributed by atoms with Gasteiger partial charge in [0.15, 0.2) is 0 Å². The van der Waals surface area contributed by atoms with Gasteiger partial charge >= 0.3 is 0 Å². The smallest absolute Gasteiger partial charge is 0.258 e. The number of hydrogen-bond acceptors (Lipinski definition) is 5. The minimum Gasteiger partial charge on any atom is -0.367 e. The van der Waals surface area contributed by atoms with E-state index in [4.69, 9.17) is 4.98 Å². The van der Waals surface area contributed by atoms with Crippen LogP contribution in [-0.4, -0.2) is 31.4 Å². The molecular formula is C20H22N6O. The van der Waals surface area contributed by atoms with Gasteiger partial charge < -0.3 is 10.3 Å². The van der Waals surface area contributed by atoms with Crippen molar-refractivity contribution in [3.63, 3.8) is 0 Å². The summed E-state index contributed by atoms with van der Waals surface area (Å²) in [5, 5.41) is 16.4. The summed E-state index contributed by atoms with van der Waals surface area (Å²) in [5.74, 6) is 0.775. The van der Waals surface area contributed by atoms with Crippen molar-refractivity contribution in [1.29, 1.82) is 0 Å². The first-order valence-corrected chi connectivity index (χ1v) is 8.93. The highest BCUT2D eigenvalue weighted by atomic mass is 16.1. The number of aromatic amines is 2. The van der Waals surface area contributed by atoms with Crippen molar-refractivity contribution in [2.45, 2.75) is 33.7 Å². The molecule has 0 amide bonds. The van der Waals surface area contributed by atoms with E-state index < -0.39 is 0 Å². The molecule has 3 aromatic heterocycles. The van der Waals surface area contributed by atoms with Crippen molar-refractivity contribution in [3.8, 4) is 11.3 Å². The van der Waals surface area contributed by atoms with Crippen molar-refractivity contribution in [2.24, 2.45) is 5.41 Å². The largest absolute Gasteiger partial charge is 0.367 e. The quantitative estimate of drug-likeness (QED) is 0.483. The first-order valence-electron chi connectivity index (χ1n) is 8.93. The van der Waals surface area contributed by atoms with Gasteiger partial charge in [0.2, 0.25) is 0 Å². The van der Waals surface area contributed by atoms with Crippen molar-refractivity contribution < 1.29 is 0 Å². The number of hydrogen-bond donors (Lipinski definition) is 3. The van der Waals surface area contributed by atoms with Gasteiger partial charge in [-0.2, -0.15) is 0 Å². The molecule has 0 saturated carbocycles. The molecule has 7 heteroatoms. The third-order valence-corrected chi connectivity index (χ3v) is 5.08. The molecule has 1 unspecified atom stereocenters. The van der Waals surface area contributed by atoms with Gasteiger partial charge in [0.1, 0.15) is 11.5 Å². The van der Waals surface area contributed by atoms with Gasteiger partial charge in [-0.15, -0.1) is 5.10 Å². The van der Waals surface area contributed by atoms with Crippen LogP contribution in [0.15, 0.2) is 41.5 Å². The summed E-state index contributed by atoms with van der Waals surface area (Å²) in [4.78, 5) is 20.0. The summed E-state index contributed by atoms with van der Waals surface area (Å²) in [5.41, 5.74) is 2.19. The molecule has 1 aromatic carbocycles. The van der Waals surface area contributed by atoms with Crippen LogP contribution in [0.2, 0.25) is 0 Å². The predicted octanol–water partition coefficient (Wildman–Crippen LogP) is 3.71.